The minimum Gasteiger partial charge on any atom is -0.399 e. The minimum atomic E-state index is 0.122. The number of nitrogen functional groups attached to an aromatic ring is 1. The standard InChI is InChI=1S/C13H19N3O/c1-10(11-3-5-12(14)6-4-11)16-8-7-15(2)9-13(16)17/h3-6,10H,7-9,14H2,1-2H3. The highest BCUT2D eigenvalue weighted by Gasteiger charge is 2.26. The van der Waals surface area contributed by atoms with Crippen molar-refractivity contribution >= 4 is 11.6 Å². The second-order valence-corrected chi connectivity index (χ2v) is 4.67. The third-order valence-corrected chi connectivity index (χ3v) is 3.33. The fraction of sp³-hybridized carbons (Fsp3) is 0.462. The highest BCUT2D eigenvalue weighted by Crippen LogP contribution is 2.22. The second kappa shape index (κ2) is 4.75. The van der Waals surface area contributed by atoms with Crippen LogP contribution in [0.2, 0.25) is 0 Å². The molecule has 1 amide bonds. The van der Waals surface area contributed by atoms with E-state index >= 15 is 0 Å². The number of nitrogens with zero attached hydrogens (tertiary/aromatic N) is 2. The van der Waals surface area contributed by atoms with Gasteiger partial charge < -0.3 is 10.6 Å². The summed E-state index contributed by atoms with van der Waals surface area (Å²) in [4.78, 5) is 15.9. The average molecular weight is 233 g/mol. The van der Waals surface area contributed by atoms with Crippen LogP contribution >= 0.6 is 0 Å². The maximum Gasteiger partial charge on any atom is 0.237 e. The van der Waals surface area contributed by atoms with Crippen LogP contribution in [0.3, 0.4) is 0 Å². The molecular formula is C13H19N3O. The van der Waals surface area contributed by atoms with Gasteiger partial charge in [0.25, 0.3) is 0 Å². The lowest BCUT2D eigenvalue weighted by molar-refractivity contribution is -0.137. The van der Waals surface area contributed by atoms with Gasteiger partial charge in [0, 0.05) is 18.8 Å². The zero-order chi connectivity index (χ0) is 12.4. The van der Waals surface area contributed by atoms with Crippen LogP contribution in [-0.2, 0) is 4.79 Å². The van der Waals surface area contributed by atoms with Crippen molar-refractivity contribution in [3.63, 3.8) is 0 Å². The molecule has 0 aliphatic carbocycles. The van der Waals surface area contributed by atoms with E-state index in [1.807, 2.05) is 36.2 Å². The first-order chi connectivity index (χ1) is 8.08. The van der Waals surface area contributed by atoms with Gasteiger partial charge in [-0.1, -0.05) is 12.1 Å². The van der Waals surface area contributed by atoms with Gasteiger partial charge in [0.05, 0.1) is 12.6 Å². The van der Waals surface area contributed by atoms with Crippen LogP contribution in [0.5, 0.6) is 0 Å². The van der Waals surface area contributed by atoms with E-state index in [1.165, 1.54) is 0 Å². The smallest absolute Gasteiger partial charge is 0.237 e. The molecule has 1 fully saturated rings. The first-order valence-electron chi connectivity index (χ1n) is 5.91. The number of hydrogen-bond donors (Lipinski definition) is 1. The number of anilines is 1. The molecule has 2 rings (SSSR count). The summed E-state index contributed by atoms with van der Waals surface area (Å²) in [6, 6.07) is 7.87. The maximum absolute atomic E-state index is 11.9. The molecule has 0 aromatic heterocycles. The van der Waals surface area contributed by atoms with Crippen molar-refractivity contribution in [2.24, 2.45) is 0 Å². The van der Waals surface area contributed by atoms with E-state index < -0.39 is 0 Å². The van der Waals surface area contributed by atoms with Crippen LogP contribution in [0, 0.1) is 0 Å². The lowest BCUT2D eigenvalue weighted by Gasteiger charge is -2.36. The lowest BCUT2D eigenvalue weighted by atomic mass is 10.1. The summed E-state index contributed by atoms with van der Waals surface area (Å²) in [5, 5.41) is 0. The van der Waals surface area contributed by atoms with Crippen molar-refractivity contribution in [3.8, 4) is 0 Å². The molecule has 0 bridgehead atoms. The van der Waals surface area contributed by atoms with Gasteiger partial charge in [-0.2, -0.15) is 0 Å². The van der Waals surface area contributed by atoms with Gasteiger partial charge >= 0.3 is 0 Å². The molecule has 1 saturated heterocycles. The Bertz CT molecular complexity index is 402. The number of amides is 1. The van der Waals surface area contributed by atoms with Crippen LogP contribution < -0.4 is 5.73 Å². The Hall–Kier alpha value is -1.55. The summed E-state index contributed by atoms with van der Waals surface area (Å²) in [5.74, 6) is 0.197. The van der Waals surface area contributed by atoms with E-state index in [0.717, 1.165) is 24.3 Å². The van der Waals surface area contributed by atoms with E-state index in [9.17, 15) is 4.79 Å². The number of likely N-dealkylation sites (N-methyl/N-ethyl adjacent to an activating group) is 1. The molecule has 17 heavy (non-hydrogen) atoms. The largest absolute Gasteiger partial charge is 0.399 e. The highest BCUT2D eigenvalue weighted by atomic mass is 16.2. The molecule has 1 aliphatic rings. The fourth-order valence-electron chi connectivity index (χ4n) is 2.17. The maximum atomic E-state index is 11.9. The molecule has 0 saturated carbocycles. The number of carbonyl (C=O) groups is 1. The number of piperazine rings is 1. The first kappa shape index (κ1) is 11.9. The Labute approximate surface area is 102 Å². The van der Waals surface area contributed by atoms with Crippen LogP contribution in [0.15, 0.2) is 24.3 Å². The predicted octanol–water partition coefficient (Wildman–Crippen LogP) is 1.10. The molecule has 92 valence electrons. The zero-order valence-electron chi connectivity index (χ0n) is 10.4. The van der Waals surface area contributed by atoms with Gasteiger partial charge in [0.15, 0.2) is 0 Å². The van der Waals surface area contributed by atoms with Gasteiger partial charge in [-0.3, -0.25) is 9.69 Å². The van der Waals surface area contributed by atoms with Crippen molar-refractivity contribution in [2.75, 3.05) is 32.4 Å². The van der Waals surface area contributed by atoms with Crippen molar-refractivity contribution in [2.45, 2.75) is 13.0 Å². The van der Waals surface area contributed by atoms with E-state index in [-0.39, 0.29) is 11.9 Å². The van der Waals surface area contributed by atoms with Crippen molar-refractivity contribution in [1.29, 1.82) is 0 Å². The van der Waals surface area contributed by atoms with Crippen molar-refractivity contribution < 1.29 is 4.79 Å². The number of nitrogens with two attached hydrogens (primary N) is 1. The zero-order valence-corrected chi connectivity index (χ0v) is 10.4. The van der Waals surface area contributed by atoms with Gasteiger partial charge in [0.1, 0.15) is 0 Å². The topological polar surface area (TPSA) is 49.6 Å². The summed E-state index contributed by atoms with van der Waals surface area (Å²) in [5.41, 5.74) is 7.56. The molecule has 1 aliphatic heterocycles. The summed E-state index contributed by atoms with van der Waals surface area (Å²) >= 11 is 0. The Kier molecular flexibility index (Phi) is 3.33. The van der Waals surface area contributed by atoms with E-state index in [1.54, 1.807) is 0 Å². The molecule has 1 aromatic rings. The molecule has 0 radical (unpaired) electrons. The minimum absolute atomic E-state index is 0.122. The molecule has 4 heteroatoms. The molecule has 1 aromatic carbocycles. The molecule has 1 unspecified atom stereocenters. The molecule has 2 N–H and O–H groups in total. The van der Waals surface area contributed by atoms with E-state index in [4.69, 9.17) is 5.73 Å². The van der Waals surface area contributed by atoms with Crippen LogP contribution in [0.4, 0.5) is 5.69 Å². The van der Waals surface area contributed by atoms with Gasteiger partial charge in [-0.15, -0.1) is 0 Å². The second-order valence-electron chi connectivity index (χ2n) is 4.67. The Morgan fingerprint density at radius 1 is 1.24 bits per heavy atom. The van der Waals surface area contributed by atoms with Crippen LogP contribution in [0.25, 0.3) is 0 Å². The number of benzene rings is 1. The third-order valence-electron chi connectivity index (χ3n) is 3.33. The van der Waals surface area contributed by atoms with Crippen molar-refractivity contribution in [1.82, 2.24) is 9.80 Å². The first-order valence-corrected chi connectivity index (χ1v) is 5.91. The Balaban J connectivity index is 2.11. The summed E-state index contributed by atoms with van der Waals surface area (Å²) in [6.07, 6.45) is 0. The van der Waals surface area contributed by atoms with Gasteiger partial charge in [0.2, 0.25) is 5.91 Å². The van der Waals surface area contributed by atoms with Crippen molar-refractivity contribution in [3.05, 3.63) is 29.8 Å². The van der Waals surface area contributed by atoms with Gasteiger partial charge in [-0.05, 0) is 31.7 Å². The SMILES string of the molecule is CC(c1ccc(N)cc1)N1CCN(C)CC1=O. The molecule has 4 nitrogen and oxygen atoms in total. The Morgan fingerprint density at radius 2 is 1.88 bits per heavy atom. The molecule has 0 spiro atoms. The Morgan fingerprint density at radius 3 is 2.47 bits per heavy atom. The number of carbonyl (C=O) groups excluding carboxylic acids is 1. The van der Waals surface area contributed by atoms with Gasteiger partial charge in [-0.25, -0.2) is 0 Å². The quantitative estimate of drug-likeness (QED) is 0.778. The van der Waals surface area contributed by atoms with Crippen LogP contribution in [-0.4, -0.2) is 42.4 Å². The third kappa shape index (κ3) is 2.58. The molecule has 1 atom stereocenters. The molecule has 1 heterocycles. The summed E-state index contributed by atoms with van der Waals surface area (Å²) < 4.78 is 0. The van der Waals surface area contributed by atoms with E-state index in [2.05, 4.69) is 11.8 Å². The fourth-order valence-corrected chi connectivity index (χ4v) is 2.17. The summed E-state index contributed by atoms with van der Waals surface area (Å²) in [7, 11) is 1.98. The number of hydrogen-bond acceptors (Lipinski definition) is 3. The van der Waals surface area contributed by atoms with E-state index in [0.29, 0.717) is 6.54 Å². The number of rotatable bonds is 2. The van der Waals surface area contributed by atoms with Crippen LogP contribution in [0.1, 0.15) is 18.5 Å². The monoisotopic (exact) mass is 233 g/mol. The normalized spacial score (nSPS) is 19.4. The average Bonchev–Trinajstić information content (AvgIpc) is 2.29. The summed E-state index contributed by atoms with van der Waals surface area (Å²) in [6.45, 7) is 4.31. The lowest BCUT2D eigenvalue weighted by Crippen LogP contribution is -2.49. The highest BCUT2D eigenvalue weighted by molar-refractivity contribution is 5.79. The predicted molar refractivity (Wildman–Crippen MR) is 68.5 cm³/mol. The molecular weight excluding hydrogens is 214 g/mol.